The molecule has 1 fully saturated rings. The van der Waals surface area contributed by atoms with Gasteiger partial charge in [0, 0.05) is 24.5 Å². The van der Waals surface area contributed by atoms with E-state index in [1.165, 1.54) is 22.9 Å². The maximum atomic E-state index is 14.9. The fraction of sp³-hybridized carbons (Fsp3) is 0.261. The van der Waals surface area contributed by atoms with E-state index in [1.54, 1.807) is 30.3 Å². The van der Waals surface area contributed by atoms with E-state index in [9.17, 15) is 23.2 Å². The van der Waals surface area contributed by atoms with E-state index in [2.05, 4.69) is 5.32 Å². The van der Waals surface area contributed by atoms with Crippen molar-refractivity contribution in [1.82, 2.24) is 9.47 Å². The molecule has 0 spiro atoms. The van der Waals surface area contributed by atoms with E-state index in [1.807, 2.05) is 0 Å². The Morgan fingerprint density at radius 1 is 1.15 bits per heavy atom. The Morgan fingerprint density at radius 2 is 1.88 bits per heavy atom. The largest absolute Gasteiger partial charge is 0.351 e. The first kappa shape index (κ1) is 23.7. The number of alkyl halides is 1. The fourth-order valence-corrected chi connectivity index (χ4v) is 4.40. The summed E-state index contributed by atoms with van der Waals surface area (Å²) in [6.07, 6.45) is -0.646. The first-order valence-corrected chi connectivity index (χ1v) is 10.9. The molecule has 0 radical (unpaired) electrons. The summed E-state index contributed by atoms with van der Waals surface area (Å²) in [5, 5.41) is 3.08. The third-order valence-electron chi connectivity index (χ3n) is 5.91. The van der Waals surface area contributed by atoms with Crippen LogP contribution in [0.3, 0.4) is 0 Å². The zero-order valence-corrected chi connectivity index (χ0v) is 18.6. The van der Waals surface area contributed by atoms with Gasteiger partial charge in [0.15, 0.2) is 5.78 Å². The Labute approximate surface area is 198 Å². The highest BCUT2D eigenvalue weighted by atomic mass is 35.5. The molecule has 0 unspecified atom stereocenters. The van der Waals surface area contributed by atoms with Crippen molar-refractivity contribution in [3.8, 4) is 0 Å². The molecule has 2 aromatic carbocycles. The van der Waals surface area contributed by atoms with Crippen LogP contribution in [0.2, 0.25) is 5.02 Å². The first-order chi connectivity index (χ1) is 16.2. The molecule has 3 aromatic rings. The van der Waals surface area contributed by atoms with E-state index in [0.717, 1.165) is 4.90 Å². The van der Waals surface area contributed by atoms with Gasteiger partial charge in [0.2, 0.25) is 0 Å². The number of urea groups is 1. The smallest absolute Gasteiger partial charge is 0.323 e. The number of Topliss-reactive ketones (excluding diaryl/α,β-unsaturated/α-hetero) is 1. The number of hydrogen-bond acceptors (Lipinski definition) is 4. The minimum atomic E-state index is -1.78. The van der Waals surface area contributed by atoms with Crippen LogP contribution < -0.4 is 16.8 Å². The van der Waals surface area contributed by atoms with Crippen LogP contribution in [0.25, 0.3) is 10.9 Å². The number of anilines is 1. The van der Waals surface area contributed by atoms with Crippen LogP contribution in [0, 0.1) is 5.82 Å². The van der Waals surface area contributed by atoms with Gasteiger partial charge in [0.05, 0.1) is 22.3 Å². The molecule has 1 saturated heterocycles. The summed E-state index contributed by atoms with van der Waals surface area (Å²) in [5.41, 5.74) is 12.2. The predicted molar refractivity (Wildman–Crippen MR) is 124 cm³/mol. The minimum Gasteiger partial charge on any atom is -0.351 e. The lowest BCUT2D eigenvalue weighted by molar-refractivity contribution is -0.123. The number of carbonyl (C=O) groups is 3. The molecular formula is C23H22ClF2N5O3. The number of likely N-dealkylation sites (tertiary alicyclic amines) is 1. The summed E-state index contributed by atoms with van der Waals surface area (Å²) in [4.78, 5) is 38.7. The molecule has 3 amide bonds. The number of ketones is 1. The number of aryl methyl sites for hydroxylation is 1. The highest BCUT2D eigenvalue weighted by Gasteiger charge is 2.46. The monoisotopic (exact) mass is 489 g/mol. The second-order valence-electron chi connectivity index (χ2n) is 8.08. The van der Waals surface area contributed by atoms with Gasteiger partial charge in [-0.3, -0.25) is 9.36 Å². The van der Waals surface area contributed by atoms with Gasteiger partial charge in [-0.25, -0.2) is 18.4 Å². The Hall–Kier alpha value is -3.50. The maximum absolute atomic E-state index is 14.9. The van der Waals surface area contributed by atoms with Crippen molar-refractivity contribution in [3.05, 3.63) is 65.1 Å². The van der Waals surface area contributed by atoms with E-state index in [-0.39, 0.29) is 35.7 Å². The molecule has 34 heavy (non-hydrogen) atoms. The number of hydrogen-bond donors (Lipinski definition) is 3. The van der Waals surface area contributed by atoms with Crippen molar-refractivity contribution in [2.45, 2.75) is 31.1 Å². The number of nitrogens with zero attached hydrogens (tertiary/aromatic N) is 2. The molecule has 0 saturated carbocycles. The molecule has 1 aliphatic rings. The lowest BCUT2D eigenvalue weighted by Gasteiger charge is -2.24. The Balaban J connectivity index is 1.54. The summed E-state index contributed by atoms with van der Waals surface area (Å²) < 4.78 is 30.2. The molecule has 11 heteroatoms. The summed E-state index contributed by atoms with van der Waals surface area (Å²) in [7, 11) is 0. The number of amides is 3. The molecular weight excluding hydrogens is 468 g/mol. The van der Waals surface area contributed by atoms with Crippen molar-refractivity contribution in [3.63, 3.8) is 0 Å². The third kappa shape index (κ3) is 4.34. The highest BCUT2D eigenvalue weighted by Crippen LogP contribution is 2.29. The number of carbonyl (C=O) groups excluding carboxylic acids is 3. The number of benzene rings is 2. The number of nitrogens with two attached hydrogens (primary N) is 2. The minimum absolute atomic E-state index is 0.00869. The standard InChI is InChI=1S/C23H22ClF2N5O3/c24-14-6-3-4-12(19(14)25)8-9-18(32)21-20(26)15(27)10-31(21)23(34)29-16-11-30(22(28)33)17-7-2-1-5-13(16)17/h1-7,11,15,20-21H,8-10,27H2,(H2,28,33)(H,29,34)/t15-,20+,21-/m1/s1. The van der Waals surface area contributed by atoms with Gasteiger partial charge in [0.25, 0.3) is 0 Å². The van der Waals surface area contributed by atoms with Crippen molar-refractivity contribution >= 4 is 46.0 Å². The van der Waals surface area contributed by atoms with Gasteiger partial charge >= 0.3 is 12.1 Å². The second kappa shape index (κ2) is 9.40. The number of para-hydroxylation sites is 1. The van der Waals surface area contributed by atoms with Gasteiger partial charge < -0.3 is 21.7 Å². The molecule has 2 heterocycles. The fourth-order valence-electron chi connectivity index (χ4n) is 4.20. The van der Waals surface area contributed by atoms with Crippen LogP contribution in [-0.4, -0.2) is 52.1 Å². The van der Waals surface area contributed by atoms with Crippen LogP contribution >= 0.6 is 11.6 Å². The average Bonchev–Trinajstić information content (AvgIpc) is 3.32. The van der Waals surface area contributed by atoms with Gasteiger partial charge in [0.1, 0.15) is 18.0 Å². The summed E-state index contributed by atoms with van der Waals surface area (Å²) in [5.74, 6) is -1.23. The zero-order valence-electron chi connectivity index (χ0n) is 17.9. The van der Waals surface area contributed by atoms with Gasteiger partial charge in [-0.1, -0.05) is 41.9 Å². The summed E-state index contributed by atoms with van der Waals surface area (Å²) in [6.45, 7) is -0.191. The van der Waals surface area contributed by atoms with E-state index < -0.39 is 41.9 Å². The number of halogens is 3. The molecule has 1 aromatic heterocycles. The summed E-state index contributed by atoms with van der Waals surface area (Å²) >= 11 is 5.77. The normalized spacial score (nSPS) is 20.0. The van der Waals surface area contributed by atoms with Crippen LogP contribution in [0.4, 0.5) is 24.1 Å². The molecule has 1 aliphatic heterocycles. The molecule has 4 rings (SSSR count). The zero-order chi connectivity index (χ0) is 24.6. The highest BCUT2D eigenvalue weighted by molar-refractivity contribution is 6.30. The van der Waals surface area contributed by atoms with Crippen molar-refractivity contribution in [1.29, 1.82) is 0 Å². The molecule has 8 nitrogen and oxygen atoms in total. The number of nitrogens with one attached hydrogen (secondary N) is 1. The van der Waals surface area contributed by atoms with Crippen LogP contribution in [0.15, 0.2) is 48.7 Å². The Morgan fingerprint density at radius 3 is 2.62 bits per heavy atom. The lowest BCUT2D eigenvalue weighted by atomic mass is 9.99. The van der Waals surface area contributed by atoms with Gasteiger partial charge in [-0.15, -0.1) is 0 Å². The van der Waals surface area contributed by atoms with Crippen molar-refractivity contribution in [2.75, 3.05) is 11.9 Å². The van der Waals surface area contributed by atoms with Crippen molar-refractivity contribution < 1.29 is 23.2 Å². The van der Waals surface area contributed by atoms with Crippen LogP contribution in [0.1, 0.15) is 12.0 Å². The molecule has 0 aliphatic carbocycles. The third-order valence-corrected chi connectivity index (χ3v) is 6.20. The Bertz CT molecular complexity index is 1280. The van der Waals surface area contributed by atoms with E-state index >= 15 is 0 Å². The maximum Gasteiger partial charge on any atom is 0.323 e. The van der Waals surface area contributed by atoms with Crippen LogP contribution in [0.5, 0.6) is 0 Å². The average molecular weight is 490 g/mol. The first-order valence-electron chi connectivity index (χ1n) is 10.5. The van der Waals surface area contributed by atoms with Crippen molar-refractivity contribution in [2.24, 2.45) is 11.5 Å². The van der Waals surface area contributed by atoms with Crippen LogP contribution in [-0.2, 0) is 11.2 Å². The SMILES string of the molecule is NC(=O)n1cc(NC(=O)N2C[C@@H](N)[C@H](F)[C@H]2C(=O)CCc2cccc(Cl)c2F)c2ccccc21. The number of aromatic nitrogens is 1. The molecule has 0 bridgehead atoms. The second-order valence-corrected chi connectivity index (χ2v) is 8.49. The molecule has 3 atom stereocenters. The van der Waals surface area contributed by atoms with E-state index in [0.29, 0.717) is 10.9 Å². The van der Waals surface area contributed by atoms with E-state index in [4.69, 9.17) is 23.1 Å². The molecule has 5 N–H and O–H groups in total. The molecule has 178 valence electrons. The summed E-state index contributed by atoms with van der Waals surface area (Å²) in [6, 6.07) is 7.19. The topological polar surface area (TPSA) is 123 Å². The number of rotatable bonds is 5. The van der Waals surface area contributed by atoms with Gasteiger partial charge in [-0.2, -0.15) is 0 Å². The number of primary amides is 1. The number of fused-ring (bicyclic) bond motifs is 1. The van der Waals surface area contributed by atoms with Gasteiger partial charge in [-0.05, 0) is 24.1 Å². The quantitative estimate of drug-likeness (QED) is 0.508. The Kier molecular flexibility index (Phi) is 6.54. The predicted octanol–water partition coefficient (Wildman–Crippen LogP) is 3.44. The lowest BCUT2D eigenvalue weighted by Crippen LogP contribution is -2.46.